The van der Waals surface area contributed by atoms with Crippen molar-refractivity contribution in [3.8, 4) is 0 Å². The molecule has 4 atom stereocenters. The Kier molecular flexibility index (Phi) is 1.75. The lowest BCUT2D eigenvalue weighted by molar-refractivity contribution is 0.456. The lowest BCUT2D eigenvalue weighted by Crippen LogP contribution is -2.11. The van der Waals surface area contributed by atoms with Crippen LogP contribution in [0, 0.1) is 23.7 Å². The average molecular weight is 244 g/mol. The minimum Gasteiger partial charge on any atom is -0.324 e. The lowest BCUT2D eigenvalue weighted by atomic mass is 10.0. The fourth-order valence-electron chi connectivity index (χ4n) is 5.10. The van der Waals surface area contributed by atoms with Gasteiger partial charge in [-0.15, -0.1) is 10.2 Å². The van der Waals surface area contributed by atoms with Crippen LogP contribution in [-0.4, -0.2) is 14.8 Å². The van der Waals surface area contributed by atoms with Crippen molar-refractivity contribution in [1.82, 2.24) is 14.8 Å². The summed E-state index contributed by atoms with van der Waals surface area (Å²) in [7, 11) is 0. The molecule has 4 aliphatic carbocycles. The summed E-state index contributed by atoms with van der Waals surface area (Å²) in [6, 6.07) is 0.674. The van der Waals surface area contributed by atoms with Crippen LogP contribution in [0.4, 0.5) is 0 Å². The summed E-state index contributed by atoms with van der Waals surface area (Å²) in [5.41, 5.74) is 5.81. The third kappa shape index (κ3) is 1.11. The summed E-state index contributed by atoms with van der Waals surface area (Å²) in [5, 5.41) is 8.87. The van der Waals surface area contributed by atoms with E-state index in [9.17, 15) is 0 Å². The molecular weight excluding hydrogens is 224 g/mol. The molecule has 96 valence electrons. The summed E-state index contributed by atoms with van der Waals surface area (Å²) in [6.07, 6.45) is 7.06. The van der Waals surface area contributed by atoms with Crippen LogP contribution in [0.3, 0.4) is 0 Å². The molecule has 4 heteroatoms. The first-order chi connectivity index (χ1) is 8.88. The van der Waals surface area contributed by atoms with E-state index in [1.807, 2.05) is 0 Å². The number of hydrogen-bond acceptors (Lipinski definition) is 3. The van der Waals surface area contributed by atoms with E-state index in [1.54, 1.807) is 0 Å². The number of rotatable bonds is 3. The van der Waals surface area contributed by atoms with Crippen LogP contribution >= 0.6 is 0 Å². The number of fused-ring (bicyclic) bond motifs is 5. The maximum absolute atomic E-state index is 5.81. The molecule has 0 radical (unpaired) electrons. The zero-order valence-electron chi connectivity index (χ0n) is 10.6. The van der Waals surface area contributed by atoms with E-state index in [-0.39, 0.29) is 0 Å². The summed E-state index contributed by atoms with van der Waals surface area (Å²) in [6.45, 7) is 0.540. The predicted octanol–water partition coefficient (Wildman–Crippen LogP) is 1.83. The van der Waals surface area contributed by atoms with Gasteiger partial charge in [-0.3, -0.25) is 0 Å². The molecule has 0 spiro atoms. The molecule has 4 saturated carbocycles. The second kappa shape index (κ2) is 3.16. The highest BCUT2D eigenvalue weighted by molar-refractivity contribution is 5.26. The topological polar surface area (TPSA) is 56.7 Å². The van der Waals surface area contributed by atoms with Crippen LogP contribution < -0.4 is 5.73 Å². The zero-order valence-corrected chi connectivity index (χ0v) is 10.6. The first-order valence-corrected chi connectivity index (χ1v) is 7.52. The molecule has 0 amide bonds. The molecule has 4 nitrogen and oxygen atoms in total. The first kappa shape index (κ1) is 9.96. The van der Waals surface area contributed by atoms with Crippen LogP contribution in [0.5, 0.6) is 0 Å². The third-order valence-electron chi connectivity index (χ3n) is 5.92. The Morgan fingerprint density at radius 2 is 1.78 bits per heavy atom. The minimum atomic E-state index is 0.540. The van der Waals surface area contributed by atoms with Crippen LogP contribution in [-0.2, 0) is 6.54 Å². The maximum Gasteiger partial charge on any atom is 0.147 e. The quantitative estimate of drug-likeness (QED) is 0.882. The van der Waals surface area contributed by atoms with E-state index in [1.165, 1.54) is 37.9 Å². The van der Waals surface area contributed by atoms with E-state index in [0.717, 1.165) is 35.4 Å². The Bertz CT molecular complexity index is 488. The van der Waals surface area contributed by atoms with Gasteiger partial charge >= 0.3 is 0 Å². The molecule has 4 unspecified atom stereocenters. The van der Waals surface area contributed by atoms with Crippen LogP contribution in [0.1, 0.15) is 55.7 Å². The summed E-state index contributed by atoms with van der Waals surface area (Å²) in [5.74, 6) is 6.98. The van der Waals surface area contributed by atoms with Crippen molar-refractivity contribution in [2.45, 2.75) is 50.6 Å². The summed E-state index contributed by atoms with van der Waals surface area (Å²) < 4.78 is 2.41. The van der Waals surface area contributed by atoms with E-state index in [0.29, 0.717) is 12.6 Å². The molecule has 4 aliphatic rings. The highest BCUT2D eigenvalue weighted by atomic mass is 15.3. The average Bonchev–Trinajstić information content (AvgIpc) is 3.25. The fraction of sp³-hybridized carbons (Fsp3) is 0.857. The van der Waals surface area contributed by atoms with Crippen LogP contribution in [0.15, 0.2) is 0 Å². The number of hydrogen-bond donors (Lipinski definition) is 1. The van der Waals surface area contributed by atoms with Gasteiger partial charge in [0, 0.05) is 12.0 Å². The van der Waals surface area contributed by atoms with Crippen molar-refractivity contribution in [3.05, 3.63) is 11.6 Å². The largest absolute Gasteiger partial charge is 0.324 e. The molecular formula is C14H20N4. The van der Waals surface area contributed by atoms with Crippen molar-refractivity contribution in [2.75, 3.05) is 0 Å². The summed E-state index contributed by atoms with van der Waals surface area (Å²) in [4.78, 5) is 0. The molecule has 1 heterocycles. The van der Waals surface area contributed by atoms with Crippen LogP contribution in [0.25, 0.3) is 0 Å². The molecule has 1 aromatic rings. The van der Waals surface area contributed by atoms with Gasteiger partial charge in [-0.1, -0.05) is 0 Å². The first-order valence-electron chi connectivity index (χ1n) is 7.52. The lowest BCUT2D eigenvalue weighted by Gasteiger charge is -2.11. The third-order valence-corrected chi connectivity index (χ3v) is 5.92. The molecule has 1 aromatic heterocycles. The Morgan fingerprint density at radius 1 is 1.06 bits per heavy atom. The van der Waals surface area contributed by atoms with Gasteiger partial charge in [0.1, 0.15) is 11.6 Å². The van der Waals surface area contributed by atoms with Gasteiger partial charge in [0.15, 0.2) is 0 Å². The smallest absolute Gasteiger partial charge is 0.147 e. The SMILES string of the molecule is NCc1nnc(C2C3C4CCC(C4)C23)n1C1CC1. The van der Waals surface area contributed by atoms with Crippen LogP contribution in [0.2, 0.25) is 0 Å². The minimum absolute atomic E-state index is 0.540. The van der Waals surface area contributed by atoms with Gasteiger partial charge in [0.05, 0.1) is 6.54 Å². The molecule has 0 aromatic carbocycles. The predicted molar refractivity (Wildman–Crippen MR) is 66.7 cm³/mol. The molecule has 4 fully saturated rings. The standard InChI is InChI=1S/C14H20N4/c15-6-10-16-17-14(18(10)9-3-4-9)13-11-7-1-2-8(5-7)12(11)13/h7-9,11-13H,1-6,15H2. The molecule has 5 rings (SSSR count). The highest BCUT2D eigenvalue weighted by Gasteiger charge is 2.67. The van der Waals surface area contributed by atoms with Crippen molar-refractivity contribution < 1.29 is 0 Å². The van der Waals surface area contributed by atoms with Gasteiger partial charge in [0.2, 0.25) is 0 Å². The van der Waals surface area contributed by atoms with E-state index in [2.05, 4.69) is 14.8 Å². The van der Waals surface area contributed by atoms with Gasteiger partial charge in [0.25, 0.3) is 0 Å². The van der Waals surface area contributed by atoms with E-state index >= 15 is 0 Å². The molecule has 0 aliphatic heterocycles. The number of aromatic nitrogens is 3. The second-order valence-corrected chi connectivity index (χ2v) is 6.79. The van der Waals surface area contributed by atoms with Gasteiger partial charge in [-0.05, 0) is 55.8 Å². The Labute approximate surface area is 107 Å². The Balaban J connectivity index is 1.53. The molecule has 2 N–H and O–H groups in total. The van der Waals surface area contributed by atoms with Crippen molar-refractivity contribution in [2.24, 2.45) is 29.4 Å². The zero-order chi connectivity index (χ0) is 11.9. The monoisotopic (exact) mass is 244 g/mol. The van der Waals surface area contributed by atoms with Crippen molar-refractivity contribution in [1.29, 1.82) is 0 Å². The van der Waals surface area contributed by atoms with Gasteiger partial charge in [-0.25, -0.2) is 0 Å². The fourth-order valence-corrected chi connectivity index (χ4v) is 5.10. The van der Waals surface area contributed by atoms with Crippen molar-refractivity contribution >= 4 is 0 Å². The van der Waals surface area contributed by atoms with Gasteiger partial charge in [-0.2, -0.15) is 0 Å². The highest BCUT2D eigenvalue weighted by Crippen LogP contribution is 2.73. The van der Waals surface area contributed by atoms with Crippen molar-refractivity contribution in [3.63, 3.8) is 0 Å². The maximum atomic E-state index is 5.81. The summed E-state index contributed by atoms with van der Waals surface area (Å²) >= 11 is 0. The normalized spacial score (nSPS) is 44.4. The Hall–Kier alpha value is -0.900. The van der Waals surface area contributed by atoms with E-state index < -0.39 is 0 Å². The second-order valence-electron chi connectivity index (χ2n) is 6.79. The molecule has 0 saturated heterocycles. The van der Waals surface area contributed by atoms with Gasteiger partial charge < -0.3 is 10.3 Å². The molecule has 2 bridgehead atoms. The van der Waals surface area contributed by atoms with E-state index in [4.69, 9.17) is 5.73 Å². The number of nitrogens with two attached hydrogens (primary N) is 1. The Morgan fingerprint density at radius 3 is 2.39 bits per heavy atom. The number of nitrogens with zero attached hydrogens (tertiary/aromatic N) is 3. The molecule has 18 heavy (non-hydrogen) atoms.